The topological polar surface area (TPSA) is 20.2 Å². The van der Waals surface area contributed by atoms with Gasteiger partial charge < -0.3 is 5.11 Å². The van der Waals surface area contributed by atoms with Crippen molar-refractivity contribution in [3.63, 3.8) is 0 Å². The molecule has 0 aliphatic heterocycles. The van der Waals surface area contributed by atoms with Crippen LogP contribution < -0.4 is 0 Å². The molecule has 106 valence electrons. The van der Waals surface area contributed by atoms with Crippen molar-refractivity contribution in [3.8, 4) is 0 Å². The smallest absolute Gasteiger partial charge is 0.0675 e. The van der Waals surface area contributed by atoms with Crippen LogP contribution in [0.15, 0.2) is 47.4 Å². The molecule has 1 atom stereocenters. The monoisotopic (exact) mass is 346 g/mol. The third kappa shape index (κ3) is 4.57. The Kier molecular flexibility index (Phi) is 6.06. The first-order valence-corrected chi connectivity index (χ1v) is 8.17. The second kappa shape index (κ2) is 7.58. The fraction of sp³-hybridized carbons (Fsp3) is 0.200. The Balaban J connectivity index is 1.92. The third-order valence-corrected chi connectivity index (χ3v) is 4.87. The Morgan fingerprint density at radius 3 is 2.15 bits per heavy atom. The molecule has 20 heavy (non-hydrogen) atoms. The minimum Gasteiger partial charge on any atom is -0.392 e. The van der Waals surface area contributed by atoms with Crippen molar-refractivity contribution in [2.45, 2.75) is 17.4 Å². The molecule has 0 radical (unpaired) electrons. The lowest BCUT2D eigenvalue weighted by Crippen LogP contribution is -2.14. The average molecular weight is 348 g/mol. The molecule has 0 amide bonds. The van der Waals surface area contributed by atoms with E-state index >= 15 is 0 Å². The number of halogens is 3. The zero-order valence-corrected chi connectivity index (χ0v) is 13.6. The summed E-state index contributed by atoms with van der Waals surface area (Å²) < 4.78 is 0. The van der Waals surface area contributed by atoms with E-state index in [1.807, 2.05) is 24.3 Å². The summed E-state index contributed by atoms with van der Waals surface area (Å²) in [6.07, 6.45) is -0.0629. The molecule has 0 saturated carbocycles. The first-order valence-electron chi connectivity index (χ1n) is 6.05. The van der Waals surface area contributed by atoms with Crippen molar-refractivity contribution >= 4 is 46.6 Å². The largest absolute Gasteiger partial charge is 0.392 e. The van der Waals surface area contributed by atoms with Crippen LogP contribution in [0.5, 0.6) is 0 Å². The summed E-state index contributed by atoms with van der Waals surface area (Å²) in [7, 11) is 0. The van der Waals surface area contributed by atoms with Crippen molar-refractivity contribution in [3.05, 3.63) is 63.1 Å². The van der Waals surface area contributed by atoms with Gasteiger partial charge >= 0.3 is 0 Å². The van der Waals surface area contributed by atoms with E-state index in [2.05, 4.69) is 0 Å². The fourth-order valence-electron chi connectivity index (χ4n) is 1.75. The maximum Gasteiger partial charge on any atom is 0.0675 e. The summed E-state index contributed by atoms with van der Waals surface area (Å²) in [5.74, 6) is 0.573. The molecule has 0 spiro atoms. The summed E-state index contributed by atoms with van der Waals surface area (Å²) in [5, 5.41) is 12.0. The highest BCUT2D eigenvalue weighted by molar-refractivity contribution is 7.99. The van der Waals surface area contributed by atoms with Gasteiger partial charge in [0.15, 0.2) is 0 Å². The predicted molar refractivity (Wildman–Crippen MR) is 88.3 cm³/mol. The average Bonchev–Trinajstić information content (AvgIpc) is 2.42. The van der Waals surface area contributed by atoms with Crippen LogP contribution in [0.1, 0.15) is 5.56 Å². The molecule has 0 fully saturated rings. The summed E-state index contributed by atoms with van der Waals surface area (Å²) in [6.45, 7) is 0. The SMILES string of the molecule is OC(CSc1ccc(Cl)cc1)Cc1c(Cl)cccc1Cl. The standard InChI is InChI=1S/C15H13Cl3OS/c16-10-4-6-12(7-5-10)20-9-11(19)8-13-14(17)2-1-3-15(13)18/h1-7,11,19H,8-9H2. The molecule has 2 rings (SSSR count). The fourth-order valence-corrected chi connectivity index (χ4v) is 3.25. The van der Waals surface area contributed by atoms with Crippen molar-refractivity contribution in [2.24, 2.45) is 0 Å². The maximum atomic E-state index is 10.1. The Morgan fingerprint density at radius 1 is 0.950 bits per heavy atom. The minimum absolute atomic E-state index is 0.444. The Bertz CT molecular complexity index is 552. The zero-order valence-electron chi connectivity index (χ0n) is 10.5. The van der Waals surface area contributed by atoms with Crippen LogP contribution >= 0.6 is 46.6 Å². The van der Waals surface area contributed by atoms with E-state index in [-0.39, 0.29) is 0 Å². The van der Waals surface area contributed by atoms with E-state index in [0.717, 1.165) is 10.5 Å². The van der Waals surface area contributed by atoms with Crippen molar-refractivity contribution in [1.29, 1.82) is 0 Å². The number of benzene rings is 2. The molecule has 2 aromatic rings. The molecular weight excluding hydrogens is 335 g/mol. The first-order chi connectivity index (χ1) is 9.56. The number of hydrogen-bond acceptors (Lipinski definition) is 2. The van der Waals surface area contributed by atoms with Gasteiger partial charge in [-0.05, 0) is 42.0 Å². The summed E-state index contributed by atoms with van der Waals surface area (Å²) in [4.78, 5) is 1.07. The van der Waals surface area contributed by atoms with Crippen LogP contribution in [0, 0.1) is 0 Å². The molecule has 0 aliphatic carbocycles. The van der Waals surface area contributed by atoms with Gasteiger partial charge in [-0.1, -0.05) is 40.9 Å². The number of rotatable bonds is 5. The van der Waals surface area contributed by atoms with Gasteiger partial charge in [-0.15, -0.1) is 11.8 Å². The first kappa shape index (κ1) is 16.0. The van der Waals surface area contributed by atoms with Crippen LogP contribution in [0.2, 0.25) is 15.1 Å². The molecule has 2 aromatic carbocycles. The van der Waals surface area contributed by atoms with Gasteiger partial charge in [-0.25, -0.2) is 0 Å². The summed E-state index contributed by atoms with van der Waals surface area (Å²) in [6, 6.07) is 12.9. The molecule has 0 heterocycles. The van der Waals surface area contributed by atoms with Gasteiger partial charge in [-0.3, -0.25) is 0 Å². The second-order valence-electron chi connectivity index (χ2n) is 4.32. The number of thioether (sulfide) groups is 1. The highest BCUT2D eigenvalue weighted by atomic mass is 35.5. The lowest BCUT2D eigenvalue weighted by molar-refractivity contribution is 0.200. The lowest BCUT2D eigenvalue weighted by Gasteiger charge is -2.13. The molecule has 0 aromatic heterocycles. The molecule has 0 aliphatic rings. The Labute approximate surface area is 137 Å². The van der Waals surface area contributed by atoms with Crippen molar-refractivity contribution in [2.75, 3.05) is 5.75 Å². The normalized spacial score (nSPS) is 12.4. The van der Waals surface area contributed by atoms with E-state index in [4.69, 9.17) is 34.8 Å². The van der Waals surface area contributed by atoms with E-state index in [1.54, 1.807) is 30.0 Å². The molecule has 1 unspecified atom stereocenters. The zero-order chi connectivity index (χ0) is 14.5. The van der Waals surface area contributed by atoms with Crippen molar-refractivity contribution in [1.82, 2.24) is 0 Å². The highest BCUT2D eigenvalue weighted by Gasteiger charge is 2.12. The van der Waals surface area contributed by atoms with Gasteiger partial charge in [0.2, 0.25) is 0 Å². The molecule has 1 N–H and O–H groups in total. The van der Waals surface area contributed by atoms with Gasteiger partial charge in [0, 0.05) is 32.1 Å². The number of aliphatic hydroxyl groups is 1. The summed E-state index contributed by atoms with van der Waals surface area (Å²) >= 11 is 19.6. The molecule has 0 saturated heterocycles. The van der Waals surface area contributed by atoms with E-state index < -0.39 is 6.10 Å². The summed E-state index contributed by atoms with van der Waals surface area (Å²) in [5.41, 5.74) is 0.792. The van der Waals surface area contributed by atoms with Crippen LogP contribution in [0.3, 0.4) is 0 Å². The van der Waals surface area contributed by atoms with Crippen LogP contribution in [-0.2, 0) is 6.42 Å². The van der Waals surface area contributed by atoms with Crippen LogP contribution in [0.4, 0.5) is 0 Å². The minimum atomic E-state index is -0.506. The van der Waals surface area contributed by atoms with Crippen molar-refractivity contribution < 1.29 is 5.11 Å². The van der Waals surface area contributed by atoms with Gasteiger partial charge in [-0.2, -0.15) is 0 Å². The lowest BCUT2D eigenvalue weighted by atomic mass is 10.1. The molecular formula is C15H13Cl3OS. The number of aliphatic hydroxyl groups excluding tert-OH is 1. The van der Waals surface area contributed by atoms with Gasteiger partial charge in [0.05, 0.1) is 6.10 Å². The number of hydrogen-bond donors (Lipinski definition) is 1. The van der Waals surface area contributed by atoms with Crippen LogP contribution in [0.25, 0.3) is 0 Å². The Hall–Kier alpha value is -0.380. The molecule has 1 nitrogen and oxygen atoms in total. The Morgan fingerprint density at radius 2 is 1.55 bits per heavy atom. The highest BCUT2D eigenvalue weighted by Crippen LogP contribution is 2.27. The van der Waals surface area contributed by atoms with E-state index in [9.17, 15) is 5.11 Å². The third-order valence-electron chi connectivity index (χ3n) is 2.76. The maximum absolute atomic E-state index is 10.1. The van der Waals surface area contributed by atoms with E-state index in [1.165, 1.54) is 0 Å². The van der Waals surface area contributed by atoms with Gasteiger partial charge in [0.1, 0.15) is 0 Å². The molecule has 0 bridgehead atoms. The van der Waals surface area contributed by atoms with Crippen LogP contribution in [-0.4, -0.2) is 17.0 Å². The quantitative estimate of drug-likeness (QED) is 0.736. The molecule has 5 heteroatoms. The second-order valence-corrected chi connectivity index (χ2v) is 6.67. The van der Waals surface area contributed by atoms with Gasteiger partial charge in [0.25, 0.3) is 0 Å². The predicted octanol–water partition coefficient (Wildman–Crippen LogP) is 5.34. The van der Waals surface area contributed by atoms with E-state index in [0.29, 0.717) is 27.2 Å².